The molecule has 0 saturated heterocycles. The summed E-state index contributed by atoms with van der Waals surface area (Å²) in [7, 11) is 3.75. The predicted molar refractivity (Wildman–Crippen MR) is 84.7 cm³/mol. The molecule has 1 heterocycles. The second-order valence-corrected chi connectivity index (χ2v) is 6.47. The number of hydrogen-bond donors (Lipinski definition) is 0. The number of carbonyl (C=O) groups is 1. The van der Waals surface area contributed by atoms with Gasteiger partial charge in [-0.1, -0.05) is 30.3 Å². The molecule has 5 heteroatoms. The topological polar surface area (TPSA) is 38.1 Å². The van der Waals surface area contributed by atoms with E-state index in [1.54, 1.807) is 15.8 Å². The zero-order valence-electron chi connectivity index (χ0n) is 12.2. The van der Waals surface area contributed by atoms with Gasteiger partial charge in [-0.2, -0.15) is 5.10 Å². The molecule has 1 amide bonds. The number of halogens is 1. The highest BCUT2D eigenvalue weighted by Crippen LogP contribution is 2.48. The van der Waals surface area contributed by atoms with Crippen LogP contribution >= 0.6 is 15.9 Å². The van der Waals surface area contributed by atoms with Crippen molar-refractivity contribution in [2.45, 2.75) is 18.9 Å². The number of rotatable bonds is 4. The number of nitrogens with zero attached hydrogens (tertiary/aromatic N) is 3. The average molecular weight is 348 g/mol. The lowest BCUT2D eigenvalue weighted by atomic mass is 10.1. The number of benzene rings is 1. The first kappa shape index (κ1) is 14.3. The van der Waals surface area contributed by atoms with Crippen LogP contribution in [0.3, 0.4) is 0 Å². The summed E-state index contributed by atoms with van der Waals surface area (Å²) in [6, 6.07) is 10.3. The molecule has 1 aliphatic rings. The summed E-state index contributed by atoms with van der Waals surface area (Å²) in [5, 5.41) is 4.18. The molecule has 110 valence electrons. The van der Waals surface area contributed by atoms with Gasteiger partial charge in [0, 0.05) is 20.0 Å². The van der Waals surface area contributed by atoms with Gasteiger partial charge in [-0.3, -0.25) is 9.48 Å². The average Bonchev–Trinajstić information content (AvgIpc) is 3.24. The fraction of sp³-hybridized carbons (Fsp3) is 0.375. The van der Waals surface area contributed by atoms with E-state index in [0.717, 1.165) is 16.6 Å². The third kappa shape index (κ3) is 2.88. The quantitative estimate of drug-likeness (QED) is 0.852. The Morgan fingerprint density at radius 3 is 2.76 bits per heavy atom. The largest absolute Gasteiger partial charge is 0.340 e. The van der Waals surface area contributed by atoms with Crippen LogP contribution in [0.2, 0.25) is 0 Å². The SMILES string of the molecule is CN(Cc1c(Br)cnn1C)C(=O)C1CC1c1ccccc1. The number of aryl methyl sites for hydroxylation is 1. The summed E-state index contributed by atoms with van der Waals surface area (Å²) in [6.07, 6.45) is 2.72. The lowest BCUT2D eigenvalue weighted by Crippen LogP contribution is -2.29. The van der Waals surface area contributed by atoms with E-state index in [-0.39, 0.29) is 11.8 Å². The van der Waals surface area contributed by atoms with Gasteiger partial charge in [0.1, 0.15) is 0 Å². The van der Waals surface area contributed by atoms with E-state index >= 15 is 0 Å². The molecule has 1 aromatic heterocycles. The van der Waals surface area contributed by atoms with Gasteiger partial charge in [0.05, 0.1) is 22.9 Å². The first-order valence-electron chi connectivity index (χ1n) is 7.04. The van der Waals surface area contributed by atoms with Crippen molar-refractivity contribution in [1.29, 1.82) is 0 Å². The van der Waals surface area contributed by atoms with Gasteiger partial charge in [0.25, 0.3) is 0 Å². The smallest absolute Gasteiger partial charge is 0.226 e. The Hall–Kier alpha value is -1.62. The van der Waals surface area contributed by atoms with Crippen LogP contribution in [0.25, 0.3) is 0 Å². The highest BCUT2D eigenvalue weighted by molar-refractivity contribution is 9.10. The molecule has 0 bridgehead atoms. The predicted octanol–water partition coefficient (Wildman–Crippen LogP) is 2.94. The molecule has 3 rings (SSSR count). The van der Waals surface area contributed by atoms with Crippen LogP contribution in [-0.4, -0.2) is 27.6 Å². The van der Waals surface area contributed by atoms with E-state index < -0.39 is 0 Å². The van der Waals surface area contributed by atoms with Gasteiger partial charge in [0.15, 0.2) is 0 Å². The lowest BCUT2D eigenvalue weighted by molar-refractivity contribution is -0.132. The maximum atomic E-state index is 12.5. The Bertz CT molecular complexity index is 633. The second kappa shape index (κ2) is 5.64. The molecule has 4 nitrogen and oxygen atoms in total. The van der Waals surface area contributed by atoms with Gasteiger partial charge in [-0.25, -0.2) is 0 Å². The number of amides is 1. The number of hydrogen-bond acceptors (Lipinski definition) is 2. The van der Waals surface area contributed by atoms with Crippen LogP contribution in [0, 0.1) is 5.92 Å². The summed E-state index contributed by atoms with van der Waals surface area (Å²) < 4.78 is 2.75. The van der Waals surface area contributed by atoms with Gasteiger partial charge < -0.3 is 4.90 Å². The van der Waals surface area contributed by atoms with Gasteiger partial charge in [0.2, 0.25) is 5.91 Å². The van der Waals surface area contributed by atoms with Crippen molar-refractivity contribution in [3.63, 3.8) is 0 Å². The molecular weight excluding hydrogens is 330 g/mol. The Morgan fingerprint density at radius 2 is 2.14 bits per heavy atom. The highest BCUT2D eigenvalue weighted by atomic mass is 79.9. The van der Waals surface area contributed by atoms with Crippen LogP contribution in [0.4, 0.5) is 0 Å². The summed E-state index contributed by atoms with van der Waals surface area (Å²) in [4.78, 5) is 14.3. The summed E-state index contributed by atoms with van der Waals surface area (Å²) in [6.45, 7) is 0.577. The Balaban J connectivity index is 1.64. The van der Waals surface area contributed by atoms with Crippen LogP contribution in [0.1, 0.15) is 23.6 Å². The molecule has 21 heavy (non-hydrogen) atoms. The third-order valence-corrected chi connectivity index (χ3v) is 4.77. The standard InChI is InChI=1S/C16H18BrN3O/c1-19(10-15-14(17)9-18-20(15)2)16(21)13-8-12(13)11-6-4-3-5-7-11/h3-7,9,12-13H,8,10H2,1-2H3. The molecule has 1 aromatic carbocycles. The first-order chi connectivity index (χ1) is 10.1. The third-order valence-electron chi connectivity index (χ3n) is 4.11. The van der Waals surface area contributed by atoms with Gasteiger partial charge in [-0.15, -0.1) is 0 Å². The molecule has 1 fully saturated rings. The Morgan fingerprint density at radius 1 is 1.43 bits per heavy atom. The molecule has 2 aromatic rings. The fourth-order valence-corrected chi connectivity index (χ4v) is 3.21. The summed E-state index contributed by atoms with van der Waals surface area (Å²) >= 11 is 3.47. The lowest BCUT2D eigenvalue weighted by Gasteiger charge is -2.17. The molecule has 0 spiro atoms. The van der Waals surface area contributed by atoms with Crippen LogP contribution in [0.5, 0.6) is 0 Å². The normalized spacial score (nSPS) is 20.3. The zero-order valence-corrected chi connectivity index (χ0v) is 13.7. The van der Waals surface area contributed by atoms with Crippen molar-refractivity contribution in [3.8, 4) is 0 Å². The summed E-state index contributed by atoms with van der Waals surface area (Å²) in [5.41, 5.74) is 2.29. The monoisotopic (exact) mass is 347 g/mol. The van der Waals surface area contributed by atoms with Crippen molar-refractivity contribution >= 4 is 21.8 Å². The first-order valence-corrected chi connectivity index (χ1v) is 7.83. The maximum absolute atomic E-state index is 12.5. The minimum Gasteiger partial charge on any atom is -0.340 e. The minimum absolute atomic E-state index is 0.129. The van der Waals surface area contributed by atoms with E-state index in [4.69, 9.17) is 0 Å². The van der Waals surface area contributed by atoms with E-state index in [1.165, 1.54) is 5.56 Å². The summed E-state index contributed by atoms with van der Waals surface area (Å²) in [5.74, 6) is 0.734. The van der Waals surface area contributed by atoms with E-state index in [1.807, 2.05) is 32.3 Å². The van der Waals surface area contributed by atoms with Crippen molar-refractivity contribution in [1.82, 2.24) is 14.7 Å². The van der Waals surface area contributed by atoms with Gasteiger partial charge in [-0.05, 0) is 33.8 Å². The molecule has 0 N–H and O–H groups in total. The minimum atomic E-state index is 0.129. The molecule has 1 saturated carbocycles. The Kier molecular flexibility index (Phi) is 3.85. The molecule has 2 atom stereocenters. The zero-order chi connectivity index (χ0) is 15.0. The molecular formula is C16H18BrN3O. The van der Waals surface area contributed by atoms with E-state index in [2.05, 4.69) is 33.2 Å². The van der Waals surface area contributed by atoms with E-state index in [9.17, 15) is 4.79 Å². The molecule has 1 aliphatic carbocycles. The van der Waals surface area contributed by atoms with Crippen molar-refractivity contribution in [3.05, 3.63) is 52.3 Å². The number of aromatic nitrogens is 2. The highest BCUT2D eigenvalue weighted by Gasteiger charge is 2.45. The number of carbonyl (C=O) groups excluding carboxylic acids is 1. The van der Waals surface area contributed by atoms with Crippen LogP contribution in [-0.2, 0) is 18.4 Å². The van der Waals surface area contributed by atoms with Crippen LogP contribution in [0.15, 0.2) is 41.0 Å². The fourth-order valence-electron chi connectivity index (χ4n) is 2.74. The molecule has 0 radical (unpaired) electrons. The van der Waals surface area contributed by atoms with Crippen molar-refractivity contribution < 1.29 is 4.79 Å². The van der Waals surface area contributed by atoms with Crippen LogP contribution < -0.4 is 0 Å². The Labute approximate surface area is 132 Å². The van der Waals surface area contributed by atoms with Crippen molar-refractivity contribution in [2.75, 3.05) is 7.05 Å². The molecule has 0 aliphatic heterocycles. The second-order valence-electron chi connectivity index (χ2n) is 5.62. The maximum Gasteiger partial charge on any atom is 0.226 e. The van der Waals surface area contributed by atoms with E-state index in [0.29, 0.717) is 12.5 Å². The van der Waals surface area contributed by atoms with Crippen molar-refractivity contribution in [2.24, 2.45) is 13.0 Å². The van der Waals surface area contributed by atoms with Gasteiger partial charge >= 0.3 is 0 Å². The molecule has 2 unspecified atom stereocenters.